The molecule has 1 aromatic rings. The van der Waals surface area contributed by atoms with Gasteiger partial charge >= 0.3 is 0 Å². The van der Waals surface area contributed by atoms with E-state index in [1.165, 1.54) is 37.1 Å². The standard InChI is InChI=1S/C14H22N2O/c1-17-14-12(7-8-15)5-4-6-13(14)11-16-9-2-3-10-16/h4-6H,2-3,7-11,15H2,1H3. The molecule has 0 unspecified atom stereocenters. The number of methoxy groups -OCH3 is 1. The fourth-order valence-electron chi connectivity index (χ4n) is 2.56. The van der Waals surface area contributed by atoms with E-state index in [4.69, 9.17) is 10.5 Å². The van der Waals surface area contributed by atoms with Gasteiger partial charge in [0.05, 0.1) is 7.11 Å². The molecule has 1 heterocycles. The van der Waals surface area contributed by atoms with E-state index >= 15 is 0 Å². The molecular weight excluding hydrogens is 212 g/mol. The number of ether oxygens (including phenoxy) is 1. The monoisotopic (exact) mass is 234 g/mol. The van der Waals surface area contributed by atoms with Gasteiger partial charge in [-0.2, -0.15) is 0 Å². The van der Waals surface area contributed by atoms with Crippen LogP contribution < -0.4 is 10.5 Å². The van der Waals surface area contributed by atoms with Crippen molar-refractivity contribution in [3.63, 3.8) is 0 Å². The Morgan fingerprint density at radius 3 is 2.59 bits per heavy atom. The molecule has 0 atom stereocenters. The highest BCUT2D eigenvalue weighted by molar-refractivity contribution is 5.41. The van der Waals surface area contributed by atoms with E-state index in [2.05, 4.69) is 23.1 Å². The SMILES string of the molecule is COc1c(CCN)cccc1CN1CCCC1. The molecule has 94 valence electrons. The van der Waals surface area contributed by atoms with E-state index in [9.17, 15) is 0 Å². The van der Waals surface area contributed by atoms with Crippen molar-refractivity contribution >= 4 is 0 Å². The van der Waals surface area contributed by atoms with Gasteiger partial charge < -0.3 is 10.5 Å². The van der Waals surface area contributed by atoms with E-state index < -0.39 is 0 Å². The smallest absolute Gasteiger partial charge is 0.126 e. The van der Waals surface area contributed by atoms with Gasteiger partial charge in [0.25, 0.3) is 0 Å². The molecule has 0 aromatic heterocycles. The molecule has 0 aliphatic carbocycles. The lowest BCUT2D eigenvalue weighted by Gasteiger charge is -2.18. The fraction of sp³-hybridized carbons (Fsp3) is 0.571. The number of para-hydroxylation sites is 1. The average molecular weight is 234 g/mol. The second kappa shape index (κ2) is 6.03. The molecular formula is C14H22N2O. The first-order valence-corrected chi connectivity index (χ1v) is 6.42. The van der Waals surface area contributed by atoms with Crippen LogP contribution in [0.3, 0.4) is 0 Å². The Hall–Kier alpha value is -1.06. The van der Waals surface area contributed by atoms with Gasteiger partial charge in [-0.1, -0.05) is 18.2 Å². The molecule has 0 saturated carbocycles. The molecule has 1 saturated heterocycles. The lowest BCUT2D eigenvalue weighted by Crippen LogP contribution is -2.19. The van der Waals surface area contributed by atoms with Gasteiger partial charge in [0, 0.05) is 12.1 Å². The van der Waals surface area contributed by atoms with Crippen LogP contribution in [0.2, 0.25) is 0 Å². The Kier molecular flexibility index (Phi) is 4.40. The Balaban J connectivity index is 2.16. The zero-order valence-electron chi connectivity index (χ0n) is 10.6. The Morgan fingerprint density at radius 2 is 1.94 bits per heavy atom. The van der Waals surface area contributed by atoms with Crippen molar-refractivity contribution in [3.8, 4) is 5.75 Å². The van der Waals surface area contributed by atoms with Crippen molar-refractivity contribution in [1.82, 2.24) is 4.90 Å². The predicted molar refractivity (Wildman–Crippen MR) is 70.3 cm³/mol. The lowest BCUT2D eigenvalue weighted by molar-refractivity contribution is 0.320. The summed E-state index contributed by atoms with van der Waals surface area (Å²) in [5, 5.41) is 0. The molecule has 2 rings (SSSR count). The normalized spacial score (nSPS) is 16.4. The number of likely N-dealkylation sites (tertiary alicyclic amines) is 1. The van der Waals surface area contributed by atoms with Crippen LogP contribution in [0.25, 0.3) is 0 Å². The summed E-state index contributed by atoms with van der Waals surface area (Å²) in [6, 6.07) is 6.38. The first-order valence-electron chi connectivity index (χ1n) is 6.42. The number of rotatable bonds is 5. The topological polar surface area (TPSA) is 38.5 Å². The van der Waals surface area contributed by atoms with Crippen LogP contribution >= 0.6 is 0 Å². The number of hydrogen-bond donors (Lipinski definition) is 1. The van der Waals surface area contributed by atoms with Crippen LogP contribution in [0, 0.1) is 0 Å². The van der Waals surface area contributed by atoms with Crippen molar-refractivity contribution < 1.29 is 4.74 Å². The summed E-state index contributed by atoms with van der Waals surface area (Å²) < 4.78 is 5.56. The van der Waals surface area contributed by atoms with Gasteiger partial charge in [-0.3, -0.25) is 4.90 Å². The van der Waals surface area contributed by atoms with E-state index in [1.807, 2.05) is 0 Å². The minimum atomic E-state index is 0.670. The number of benzene rings is 1. The van der Waals surface area contributed by atoms with Crippen LogP contribution in [0.4, 0.5) is 0 Å². The largest absolute Gasteiger partial charge is 0.496 e. The number of nitrogens with two attached hydrogens (primary N) is 1. The maximum Gasteiger partial charge on any atom is 0.126 e. The second-order valence-electron chi connectivity index (χ2n) is 4.63. The van der Waals surface area contributed by atoms with Crippen LogP contribution in [-0.2, 0) is 13.0 Å². The highest BCUT2D eigenvalue weighted by atomic mass is 16.5. The molecule has 1 aliphatic heterocycles. The molecule has 17 heavy (non-hydrogen) atoms. The molecule has 3 nitrogen and oxygen atoms in total. The van der Waals surface area contributed by atoms with Gasteiger partial charge in [-0.25, -0.2) is 0 Å². The molecule has 2 N–H and O–H groups in total. The van der Waals surface area contributed by atoms with Crippen LogP contribution in [-0.4, -0.2) is 31.6 Å². The summed E-state index contributed by atoms with van der Waals surface area (Å²) >= 11 is 0. The third kappa shape index (κ3) is 2.99. The van der Waals surface area contributed by atoms with Crippen molar-refractivity contribution in [2.24, 2.45) is 5.73 Å². The minimum Gasteiger partial charge on any atom is -0.496 e. The quantitative estimate of drug-likeness (QED) is 0.844. The van der Waals surface area contributed by atoms with Gasteiger partial charge in [0.15, 0.2) is 0 Å². The average Bonchev–Trinajstić information content (AvgIpc) is 2.83. The second-order valence-corrected chi connectivity index (χ2v) is 4.63. The van der Waals surface area contributed by atoms with Gasteiger partial charge in [0.1, 0.15) is 5.75 Å². The van der Waals surface area contributed by atoms with E-state index in [0.29, 0.717) is 6.54 Å². The third-order valence-electron chi connectivity index (χ3n) is 3.39. The van der Waals surface area contributed by atoms with E-state index in [0.717, 1.165) is 18.7 Å². The zero-order chi connectivity index (χ0) is 12.1. The molecule has 1 aromatic carbocycles. The van der Waals surface area contributed by atoms with Crippen molar-refractivity contribution in [2.75, 3.05) is 26.7 Å². The van der Waals surface area contributed by atoms with E-state index in [-0.39, 0.29) is 0 Å². The maximum atomic E-state index is 5.63. The summed E-state index contributed by atoms with van der Waals surface area (Å²) in [5.74, 6) is 1.03. The van der Waals surface area contributed by atoms with Gasteiger partial charge in [-0.15, -0.1) is 0 Å². The highest BCUT2D eigenvalue weighted by Gasteiger charge is 2.15. The van der Waals surface area contributed by atoms with Gasteiger partial charge in [-0.05, 0) is 44.5 Å². The third-order valence-corrected chi connectivity index (χ3v) is 3.39. The van der Waals surface area contributed by atoms with E-state index in [1.54, 1.807) is 7.11 Å². The Morgan fingerprint density at radius 1 is 1.24 bits per heavy atom. The van der Waals surface area contributed by atoms with Crippen LogP contribution in [0.15, 0.2) is 18.2 Å². The first-order chi connectivity index (χ1) is 8.35. The first kappa shape index (κ1) is 12.4. The van der Waals surface area contributed by atoms with Crippen LogP contribution in [0.1, 0.15) is 24.0 Å². The van der Waals surface area contributed by atoms with Crippen molar-refractivity contribution in [1.29, 1.82) is 0 Å². The molecule has 0 bridgehead atoms. The highest BCUT2D eigenvalue weighted by Crippen LogP contribution is 2.26. The Bertz CT molecular complexity index is 359. The Labute approximate surface area is 104 Å². The van der Waals surface area contributed by atoms with Crippen LogP contribution in [0.5, 0.6) is 5.75 Å². The molecule has 0 radical (unpaired) electrons. The van der Waals surface area contributed by atoms with Crippen molar-refractivity contribution in [2.45, 2.75) is 25.8 Å². The molecule has 1 fully saturated rings. The van der Waals surface area contributed by atoms with Gasteiger partial charge in [0.2, 0.25) is 0 Å². The summed E-state index contributed by atoms with van der Waals surface area (Å²) in [4.78, 5) is 2.49. The maximum absolute atomic E-state index is 5.63. The fourth-order valence-corrected chi connectivity index (χ4v) is 2.56. The van der Waals surface area contributed by atoms with Crippen molar-refractivity contribution in [3.05, 3.63) is 29.3 Å². The lowest BCUT2D eigenvalue weighted by atomic mass is 10.1. The molecule has 1 aliphatic rings. The zero-order valence-corrected chi connectivity index (χ0v) is 10.6. The molecule has 0 spiro atoms. The predicted octanol–water partition coefficient (Wildman–Crippen LogP) is 1.79. The summed E-state index contributed by atoms with van der Waals surface area (Å²) in [6.45, 7) is 4.10. The minimum absolute atomic E-state index is 0.670. The number of hydrogen-bond acceptors (Lipinski definition) is 3. The summed E-state index contributed by atoms with van der Waals surface area (Å²) in [7, 11) is 1.75. The molecule has 3 heteroatoms. The number of nitrogens with zero attached hydrogens (tertiary/aromatic N) is 1. The molecule has 0 amide bonds. The summed E-state index contributed by atoms with van der Waals surface area (Å²) in [5.41, 5.74) is 8.15. The summed E-state index contributed by atoms with van der Waals surface area (Å²) in [6.07, 6.45) is 3.53.